The van der Waals surface area contributed by atoms with E-state index in [0.29, 0.717) is 25.6 Å². The van der Waals surface area contributed by atoms with Gasteiger partial charge in [0.2, 0.25) is 0 Å². The molecule has 1 saturated heterocycles. The summed E-state index contributed by atoms with van der Waals surface area (Å²) in [4.78, 5) is 15.2. The van der Waals surface area contributed by atoms with Gasteiger partial charge < -0.3 is 29.6 Å². The number of β-amino-alcohol motifs (C(OH)–C–C–N with tert-alkyl or cyclic N) is 2. The molecule has 1 aliphatic rings. The molecule has 0 unspecified atom stereocenters. The van der Waals surface area contributed by atoms with Crippen LogP contribution in [0.15, 0.2) is 54.6 Å². The van der Waals surface area contributed by atoms with Crippen molar-refractivity contribution in [1.82, 2.24) is 5.06 Å². The van der Waals surface area contributed by atoms with Gasteiger partial charge >= 0.3 is 6.16 Å². The maximum atomic E-state index is 10.6. The molecular weight excluding hydrogens is 390 g/mol. The summed E-state index contributed by atoms with van der Waals surface area (Å²) in [5.41, 5.74) is 1.89. The van der Waals surface area contributed by atoms with Crippen molar-refractivity contribution in [1.29, 1.82) is 0 Å². The zero-order valence-electron chi connectivity index (χ0n) is 16.6. The average molecular weight is 417 g/mol. The highest BCUT2D eigenvalue weighted by molar-refractivity contribution is 5.56. The maximum Gasteiger partial charge on any atom is 0.525 e. The van der Waals surface area contributed by atoms with Gasteiger partial charge in [-0.3, -0.25) is 0 Å². The number of rotatable bonds is 9. The fraction of sp³-hybridized carbons (Fsp3) is 0.409. The van der Waals surface area contributed by atoms with Gasteiger partial charge in [-0.1, -0.05) is 42.5 Å². The molecule has 162 valence electrons. The highest BCUT2D eigenvalue weighted by Gasteiger charge is 2.37. The van der Waals surface area contributed by atoms with Crippen molar-refractivity contribution in [3.63, 3.8) is 0 Å². The lowest BCUT2D eigenvalue weighted by molar-refractivity contribution is -0.180. The number of aliphatic hydroxyl groups is 2. The van der Waals surface area contributed by atoms with E-state index in [9.17, 15) is 15.0 Å². The van der Waals surface area contributed by atoms with Crippen molar-refractivity contribution in [3.8, 4) is 5.75 Å². The molecule has 2 aromatic rings. The summed E-state index contributed by atoms with van der Waals surface area (Å²) in [6.07, 6.45) is -2.63. The Bertz CT molecular complexity index is 772. The van der Waals surface area contributed by atoms with E-state index in [1.54, 1.807) is 24.3 Å². The predicted molar refractivity (Wildman–Crippen MR) is 108 cm³/mol. The van der Waals surface area contributed by atoms with E-state index in [-0.39, 0.29) is 13.1 Å². The molecule has 0 aromatic heterocycles. The normalized spacial score (nSPS) is 21.9. The van der Waals surface area contributed by atoms with Crippen LogP contribution in [0.2, 0.25) is 0 Å². The van der Waals surface area contributed by atoms with Gasteiger partial charge in [0.25, 0.3) is 0 Å². The molecule has 8 nitrogen and oxygen atoms in total. The van der Waals surface area contributed by atoms with Crippen LogP contribution in [-0.2, 0) is 16.2 Å². The Hall–Kier alpha value is -2.65. The Morgan fingerprint density at radius 3 is 2.27 bits per heavy atom. The zero-order chi connectivity index (χ0) is 21.3. The predicted octanol–water partition coefficient (Wildman–Crippen LogP) is 2.40. The Labute approximate surface area is 175 Å². The first-order chi connectivity index (χ1) is 14.5. The Balaban J connectivity index is 1.40. The molecule has 3 N–H and O–H groups in total. The number of aliphatic hydroxyl groups excluding tert-OH is 2. The number of benzene rings is 2. The molecule has 0 aliphatic carbocycles. The lowest BCUT2D eigenvalue weighted by atomic mass is 9.85. The van der Waals surface area contributed by atoms with E-state index in [4.69, 9.17) is 14.6 Å². The minimum absolute atomic E-state index is 0.00470. The highest BCUT2D eigenvalue weighted by atomic mass is 16.8. The average Bonchev–Trinajstić information content (AvgIpc) is 2.71. The van der Waals surface area contributed by atoms with Gasteiger partial charge in [-0.25, -0.2) is 4.79 Å². The van der Waals surface area contributed by atoms with Crippen molar-refractivity contribution in [3.05, 3.63) is 65.7 Å². The molecule has 1 heterocycles. The first kappa shape index (κ1) is 22.0. The molecule has 1 aliphatic heterocycles. The van der Waals surface area contributed by atoms with Gasteiger partial charge in [0.05, 0.1) is 45.1 Å². The van der Waals surface area contributed by atoms with Crippen LogP contribution in [0.25, 0.3) is 0 Å². The molecule has 8 heteroatoms. The first-order valence-electron chi connectivity index (χ1n) is 9.89. The van der Waals surface area contributed by atoms with Gasteiger partial charge in [-0.05, 0) is 23.3 Å². The van der Waals surface area contributed by atoms with Crippen molar-refractivity contribution in [2.45, 2.75) is 31.2 Å². The van der Waals surface area contributed by atoms with Crippen LogP contribution in [-0.4, -0.2) is 65.0 Å². The second-order valence-electron chi connectivity index (χ2n) is 7.17. The fourth-order valence-electron chi connectivity index (χ4n) is 3.51. The van der Waals surface area contributed by atoms with Gasteiger partial charge in [0.1, 0.15) is 5.75 Å². The zero-order valence-corrected chi connectivity index (χ0v) is 16.6. The monoisotopic (exact) mass is 417 g/mol. The van der Waals surface area contributed by atoms with Gasteiger partial charge in [0.15, 0.2) is 0 Å². The third-order valence-electron chi connectivity index (χ3n) is 4.90. The third kappa shape index (κ3) is 6.43. The smallest absolute Gasteiger partial charge is 0.494 e. The topological polar surface area (TPSA) is 109 Å². The maximum absolute atomic E-state index is 10.6. The van der Waals surface area contributed by atoms with E-state index in [2.05, 4.69) is 4.84 Å². The summed E-state index contributed by atoms with van der Waals surface area (Å²) in [5.74, 6) is 0.163. The Morgan fingerprint density at radius 2 is 1.63 bits per heavy atom. The fourth-order valence-corrected chi connectivity index (χ4v) is 3.51. The molecule has 0 saturated carbocycles. The summed E-state index contributed by atoms with van der Waals surface area (Å²) in [6, 6.07) is 17.2. The number of hydrogen-bond acceptors (Lipinski definition) is 7. The summed E-state index contributed by atoms with van der Waals surface area (Å²) in [5, 5.41) is 30.4. The summed E-state index contributed by atoms with van der Waals surface area (Å²) < 4.78 is 11.3. The first-order valence-corrected chi connectivity index (χ1v) is 9.89. The Morgan fingerprint density at radius 1 is 0.967 bits per heavy atom. The van der Waals surface area contributed by atoms with Crippen LogP contribution in [0.5, 0.6) is 5.75 Å². The molecule has 0 amide bonds. The largest absolute Gasteiger partial charge is 0.525 e. The van der Waals surface area contributed by atoms with Gasteiger partial charge in [0, 0.05) is 12.3 Å². The van der Waals surface area contributed by atoms with Crippen LogP contribution in [0.1, 0.15) is 23.5 Å². The van der Waals surface area contributed by atoms with Gasteiger partial charge in [-0.2, -0.15) is 0 Å². The number of carboxylic acid groups (broad SMARTS) is 1. The molecule has 3 rings (SSSR count). The number of hydrogen-bond donors (Lipinski definition) is 3. The van der Waals surface area contributed by atoms with E-state index in [1.165, 1.54) is 0 Å². The summed E-state index contributed by atoms with van der Waals surface area (Å²) >= 11 is 0. The molecule has 30 heavy (non-hydrogen) atoms. The number of piperidine rings is 1. The van der Waals surface area contributed by atoms with Crippen molar-refractivity contribution in [2.75, 3.05) is 26.3 Å². The van der Waals surface area contributed by atoms with Crippen molar-refractivity contribution >= 4 is 6.16 Å². The number of hydroxylamine groups is 2. The molecular formula is C22H27NO7. The molecule has 0 bridgehead atoms. The molecule has 2 aromatic carbocycles. The van der Waals surface area contributed by atoms with E-state index in [0.717, 1.165) is 22.6 Å². The quantitative estimate of drug-likeness (QED) is 0.534. The van der Waals surface area contributed by atoms with E-state index in [1.807, 2.05) is 30.3 Å². The highest BCUT2D eigenvalue weighted by Crippen LogP contribution is 2.30. The third-order valence-corrected chi connectivity index (χ3v) is 4.90. The van der Waals surface area contributed by atoms with Crippen molar-refractivity contribution in [2.24, 2.45) is 0 Å². The molecule has 3 atom stereocenters. The minimum atomic E-state index is -1.47. The molecule has 0 radical (unpaired) electrons. The lowest BCUT2D eigenvalue weighted by Crippen LogP contribution is -2.51. The summed E-state index contributed by atoms with van der Waals surface area (Å²) in [7, 11) is 0. The second kappa shape index (κ2) is 10.9. The molecule has 0 spiro atoms. The number of carbonyl (C=O) groups is 1. The van der Waals surface area contributed by atoms with E-state index < -0.39 is 24.3 Å². The lowest BCUT2D eigenvalue weighted by Gasteiger charge is -2.37. The van der Waals surface area contributed by atoms with Gasteiger partial charge in [-0.15, -0.1) is 5.06 Å². The minimum Gasteiger partial charge on any atom is -0.494 e. The van der Waals surface area contributed by atoms with Crippen molar-refractivity contribution < 1.29 is 34.4 Å². The van der Waals surface area contributed by atoms with Crippen LogP contribution < -0.4 is 4.74 Å². The van der Waals surface area contributed by atoms with Crippen LogP contribution in [0.4, 0.5) is 4.79 Å². The standard InChI is InChI=1S/C22H27NO7/c24-19-13-23(30-22(26)27)14-20(25)21(19)17-7-9-18(10-8-17)29-12-4-11-28-15-16-5-2-1-3-6-16/h1-3,5-10,19-21,24-25H,4,11-15H2,(H,26,27)/t19-,20+,21-. The summed E-state index contributed by atoms with van der Waals surface area (Å²) in [6.45, 7) is 1.69. The second-order valence-corrected chi connectivity index (χ2v) is 7.17. The number of nitrogens with zero attached hydrogens (tertiary/aromatic N) is 1. The molecule has 1 fully saturated rings. The van der Waals surface area contributed by atoms with Crippen LogP contribution in [0.3, 0.4) is 0 Å². The SMILES string of the molecule is O=C(O)ON1C[C@@H](O)[C@@H](c2ccc(OCCCOCc3ccccc3)cc2)[C@@H](O)C1. The van der Waals surface area contributed by atoms with E-state index >= 15 is 0 Å². The number of ether oxygens (including phenoxy) is 2. The van der Waals surface area contributed by atoms with Crippen LogP contribution in [0, 0.1) is 0 Å². The Kier molecular flexibility index (Phi) is 8.04. The van der Waals surface area contributed by atoms with Crippen LogP contribution >= 0.6 is 0 Å².